The Morgan fingerprint density at radius 1 is 1.62 bits per heavy atom. The van der Waals surface area contributed by atoms with Gasteiger partial charge in [0.05, 0.1) is 18.9 Å². The molecule has 1 rings (SSSR count). The van der Waals surface area contributed by atoms with E-state index in [1.165, 1.54) is 6.21 Å². The SMILES string of the molecule is C=CCc1cc(/C=N/NC(=O)CC#N)cc(OCC)c1O. The monoisotopic (exact) mass is 287 g/mol. The molecule has 1 aromatic carbocycles. The molecule has 1 aromatic rings. The van der Waals surface area contributed by atoms with Gasteiger partial charge in [-0.2, -0.15) is 10.4 Å². The average Bonchev–Trinajstić information content (AvgIpc) is 2.44. The van der Waals surface area contributed by atoms with E-state index >= 15 is 0 Å². The fourth-order valence-corrected chi connectivity index (χ4v) is 1.63. The fraction of sp³-hybridized carbons (Fsp3) is 0.267. The van der Waals surface area contributed by atoms with E-state index in [9.17, 15) is 9.90 Å². The maximum absolute atomic E-state index is 11.1. The van der Waals surface area contributed by atoms with Gasteiger partial charge in [0.25, 0.3) is 5.91 Å². The topological polar surface area (TPSA) is 94.7 Å². The first-order chi connectivity index (χ1) is 10.1. The van der Waals surface area contributed by atoms with Crippen molar-refractivity contribution in [2.75, 3.05) is 6.61 Å². The first-order valence-electron chi connectivity index (χ1n) is 6.40. The number of amides is 1. The lowest BCUT2D eigenvalue weighted by Crippen LogP contribution is -2.16. The Morgan fingerprint density at radius 2 is 2.38 bits per heavy atom. The Bertz CT molecular complexity index is 589. The van der Waals surface area contributed by atoms with Crippen LogP contribution in [-0.4, -0.2) is 23.8 Å². The number of allylic oxidation sites excluding steroid dienone is 1. The predicted octanol–water partition coefficient (Wildman–Crippen LogP) is 1.88. The van der Waals surface area contributed by atoms with Gasteiger partial charge >= 0.3 is 0 Å². The number of hydrogen-bond donors (Lipinski definition) is 2. The summed E-state index contributed by atoms with van der Waals surface area (Å²) in [5.74, 6) is -0.0621. The van der Waals surface area contributed by atoms with Crippen LogP contribution in [0, 0.1) is 11.3 Å². The molecule has 0 aliphatic heterocycles. The van der Waals surface area contributed by atoms with Gasteiger partial charge in [0.1, 0.15) is 6.42 Å². The first-order valence-corrected chi connectivity index (χ1v) is 6.40. The molecule has 0 aliphatic rings. The molecule has 0 unspecified atom stereocenters. The summed E-state index contributed by atoms with van der Waals surface area (Å²) < 4.78 is 5.35. The van der Waals surface area contributed by atoms with Gasteiger partial charge in [-0.05, 0) is 31.0 Å². The lowest BCUT2D eigenvalue weighted by molar-refractivity contribution is -0.120. The van der Waals surface area contributed by atoms with Crippen molar-refractivity contribution in [2.45, 2.75) is 19.8 Å². The first kappa shape index (κ1) is 16.2. The Kier molecular flexibility index (Phi) is 6.48. The standard InChI is InChI=1S/C15H17N3O3/c1-3-5-12-8-11(9-13(15(12)20)21-4-2)10-17-18-14(19)6-7-16/h3,8-10,20H,1,4-6H2,2H3,(H,18,19)/b17-10+. The molecule has 0 aliphatic carbocycles. The van der Waals surface area contributed by atoms with E-state index in [0.29, 0.717) is 29.9 Å². The maximum atomic E-state index is 11.1. The molecule has 2 N–H and O–H groups in total. The van der Waals surface area contributed by atoms with Crippen LogP contribution < -0.4 is 10.2 Å². The molecular formula is C15H17N3O3. The summed E-state index contributed by atoms with van der Waals surface area (Å²) in [4.78, 5) is 11.1. The van der Waals surface area contributed by atoms with Crippen molar-refractivity contribution < 1.29 is 14.6 Å². The van der Waals surface area contributed by atoms with Crippen LogP contribution in [0.3, 0.4) is 0 Å². The number of carbonyl (C=O) groups excluding carboxylic acids is 1. The second-order valence-electron chi connectivity index (χ2n) is 4.08. The molecule has 0 radical (unpaired) electrons. The van der Waals surface area contributed by atoms with Crippen LogP contribution >= 0.6 is 0 Å². The van der Waals surface area contributed by atoms with Crippen LogP contribution in [0.1, 0.15) is 24.5 Å². The molecule has 0 spiro atoms. The number of ether oxygens (including phenoxy) is 1. The minimum absolute atomic E-state index is 0.0717. The minimum Gasteiger partial charge on any atom is -0.504 e. The summed E-state index contributed by atoms with van der Waals surface area (Å²) in [6.07, 6.45) is 3.32. The van der Waals surface area contributed by atoms with Gasteiger partial charge in [-0.1, -0.05) is 6.08 Å². The largest absolute Gasteiger partial charge is 0.504 e. The Labute approximate surface area is 123 Å². The maximum Gasteiger partial charge on any atom is 0.254 e. The summed E-state index contributed by atoms with van der Waals surface area (Å²) in [7, 11) is 0. The van der Waals surface area contributed by atoms with Crippen LogP contribution in [0.5, 0.6) is 11.5 Å². The van der Waals surface area contributed by atoms with E-state index in [0.717, 1.165) is 0 Å². The van der Waals surface area contributed by atoms with E-state index < -0.39 is 5.91 Å². The van der Waals surface area contributed by atoms with Gasteiger partial charge in [-0.25, -0.2) is 5.43 Å². The molecular weight excluding hydrogens is 270 g/mol. The Morgan fingerprint density at radius 3 is 3.00 bits per heavy atom. The number of benzene rings is 1. The number of phenolic OH excluding ortho intramolecular Hbond substituents is 1. The molecule has 6 heteroatoms. The summed E-state index contributed by atoms with van der Waals surface area (Å²) in [6, 6.07) is 5.06. The van der Waals surface area contributed by atoms with Gasteiger partial charge < -0.3 is 9.84 Å². The van der Waals surface area contributed by atoms with Crippen molar-refractivity contribution in [1.82, 2.24) is 5.43 Å². The molecule has 6 nitrogen and oxygen atoms in total. The van der Waals surface area contributed by atoms with Crippen molar-refractivity contribution >= 4 is 12.1 Å². The lowest BCUT2D eigenvalue weighted by atomic mass is 10.1. The number of aromatic hydroxyl groups is 1. The Balaban J connectivity index is 2.96. The van der Waals surface area contributed by atoms with Crippen molar-refractivity contribution in [1.29, 1.82) is 5.26 Å². The molecule has 21 heavy (non-hydrogen) atoms. The molecule has 0 aromatic heterocycles. The lowest BCUT2D eigenvalue weighted by Gasteiger charge is -2.10. The van der Waals surface area contributed by atoms with Crippen molar-refractivity contribution in [3.05, 3.63) is 35.9 Å². The highest BCUT2D eigenvalue weighted by Gasteiger charge is 2.09. The Hall–Kier alpha value is -2.81. The quantitative estimate of drug-likeness (QED) is 0.455. The highest BCUT2D eigenvalue weighted by molar-refractivity contribution is 5.84. The smallest absolute Gasteiger partial charge is 0.254 e. The zero-order valence-electron chi connectivity index (χ0n) is 11.8. The number of carbonyl (C=O) groups is 1. The molecule has 0 fully saturated rings. The number of rotatable bonds is 7. The van der Waals surface area contributed by atoms with Gasteiger partial charge in [0.15, 0.2) is 11.5 Å². The van der Waals surface area contributed by atoms with E-state index in [2.05, 4.69) is 17.1 Å². The molecule has 1 amide bonds. The molecule has 0 heterocycles. The number of hydrogen-bond acceptors (Lipinski definition) is 5. The highest BCUT2D eigenvalue weighted by atomic mass is 16.5. The second-order valence-corrected chi connectivity index (χ2v) is 4.08. The number of hydrazone groups is 1. The van der Waals surface area contributed by atoms with E-state index in [1.54, 1.807) is 24.3 Å². The van der Waals surface area contributed by atoms with Crippen molar-refractivity contribution in [3.8, 4) is 17.6 Å². The molecule has 0 atom stereocenters. The van der Waals surface area contributed by atoms with Crippen LogP contribution in [0.15, 0.2) is 29.9 Å². The third-order valence-electron chi connectivity index (χ3n) is 2.48. The van der Waals surface area contributed by atoms with E-state index in [-0.39, 0.29) is 12.2 Å². The van der Waals surface area contributed by atoms with Gasteiger partial charge in [0, 0.05) is 5.56 Å². The van der Waals surface area contributed by atoms with Crippen LogP contribution in [-0.2, 0) is 11.2 Å². The average molecular weight is 287 g/mol. The third kappa shape index (κ3) is 4.99. The van der Waals surface area contributed by atoms with E-state index in [1.807, 2.05) is 6.92 Å². The number of nitrogens with zero attached hydrogens (tertiary/aromatic N) is 2. The zero-order valence-corrected chi connectivity index (χ0v) is 11.8. The van der Waals surface area contributed by atoms with E-state index in [4.69, 9.17) is 10.00 Å². The summed E-state index contributed by atoms with van der Waals surface area (Å²) >= 11 is 0. The molecule has 0 saturated heterocycles. The summed E-state index contributed by atoms with van der Waals surface area (Å²) in [6.45, 7) is 5.87. The summed E-state index contributed by atoms with van der Waals surface area (Å²) in [5, 5.41) is 22.1. The minimum atomic E-state index is -0.483. The third-order valence-corrected chi connectivity index (χ3v) is 2.48. The van der Waals surface area contributed by atoms with Crippen LogP contribution in [0.2, 0.25) is 0 Å². The normalized spacial score (nSPS) is 10.1. The van der Waals surface area contributed by atoms with Gasteiger partial charge in [-0.3, -0.25) is 4.79 Å². The van der Waals surface area contributed by atoms with Crippen molar-refractivity contribution in [2.24, 2.45) is 5.10 Å². The number of nitriles is 1. The van der Waals surface area contributed by atoms with Crippen LogP contribution in [0.25, 0.3) is 0 Å². The van der Waals surface area contributed by atoms with Gasteiger partial charge in [-0.15, -0.1) is 6.58 Å². The number of nitrogens with one attached hydrogen (secondary N) is 1. The highest BCUT2D eigenvalue weighted by Crippen LogP contribution is 2.31. The molecule has 0 saturated carbocycles. The van der Waals surface area contributed by atoms with Gasteiger partial charge in [0.2, 0.25) is 0 Å². The zero-order chi connectivity index (χ0) is 15.7. The van der Waals surface area contributed by atoms with Crippen molar-refractivity contribution in [3.63, 3.8) is 0 Å². The number of phenols is 1. The molecule has 110 valence electrons. The van der Waals surface area contributed by atoms with Crippen LogP contribution in [0.4, 0.5) is 0 Å². The molecule has 0 bridgehead atoms. The second kappa shape index (κ2) is 8.38. The predicted molar refractivity (Wildman–Crippen MR) is 79.1 cm³/mol. The summed E-state index contributed by atoms with van der Waals surface area (Å²) in [5.41, 5.74) is 3.55. The fourth-order valence-electron chi connectivity index (χ4n) is 1.63.